The molecule has 0 aliphatic heterocycles. The molecule has 0 saturated carbocycles. The monoisotopic (exact) mass is 310 g/mol. The Bertz CT molecular complexity index is 581. The first-order chi connectivity index (χ1) is 8.79. The number of nitrogens with zero attached hydrogens (tertiary/aromatic N) is 2. The fraction of sp³-hybridized carbons (Fsp3) is 0.455. The van der Waals surface area contributed by atoms with E-state index in [1.54, 1.807) is 12.1 Å². The molecule has 20 heavy (non-hydrogen) atoms. The summed E-state index contributed by atoms with van der Waals surface area (Å²) in [5, 5.41) is 8.46. The van der Waals surface area contributed by atoms with Crippen LogP contribution in [0.1, 0.15) is 26.3 Å². The molecule has 1 aromatic carbocycles. The predicted molar refractivity (Wildman–Crippen MR) is 65.6 cm³/mol. The molecule has 0 radical (unpaired) electrons. The summed E-state index contributed by atoms with van der Waals surface area (Å²) in [5.74, 6) is 0. The minimum absolute atomic E-state index is 0.161. The minimum atomic E-state index is -6.09. The topological polar surface area (TPSA) is 85.3 Å². The molecule has 1 rings (SSSR count). The predicted octanol–water partition coefficient (Wildman–Crippen LogP) is 3.52. The van der Waals surface area contributed by atoms with E-state index in [0.29, 0.717) is 5.69 Å². The van der Waals surface area contributed by atoms with E-state index in [-0.39, 0.29) is 5.41 Å². The number of rotatable bonds is 0. The van der Waals surface area contributed by atoms with Gasteiger partial charge in [-0.1, -0.05) is 32.9 Å². The Labute approximate surface area is 114 Å². The smallest absolute Gasteiger partial charge is 0.485 e. The van der Waals surface area contributed by atoms with Gasteiger partial charge in [0.15, 0.2) is 15.1 Å². The molecule has 0 aliphatic rings. The SMILES string of the molecule is CC(C)(C)c1ccc([N+]#N)cc1.O=S(=O)([O-])C(F)(F)F. The molecule has 9 heteroatoms. The lowest BCUT2D eigenvalue weighted by atomic mass is 9.87. The molecule has 0 aromatic heterocycles. The van der Waals surface area contributed by atoms with Gasteiger partial charge in [0, 0.05) is 12.1 Å². The van der Waals surface area contributed by atoms with Gasteiger partial charge in [0.1, 0.15) is 0 Å². The summed E-state index contributed by atoms with van der Waals surface area (Å²) in [6, 6.07) is 7.57. The van der Waals surface area contributed by atoms with E-state index in [9.17, 15) is 13.2 Å². The molecule has 0 fully saturated rings. The molecule has 0 spiro atoms. The second-order valence-corrected chi connectivity index (χ2v) is 6.17. The van der Waals surface area contributed by atoms with Crippen LogP contribution in [0.2, 0.25) is 0 Å². The van der Waals surface area contributed by atoms with Gasteiger partial charge in [-0.3, -0.25) is 0 Å². The standard InChI is InChI=1S/C10H13N2.CHF3O3S/c1-10(2,3)8-4-6-9(12-11)7-5-8;2-1(3,4)8(5,6)7/h4-7H,1-3H3;(H,5,6,7)/q+1;/p-1. The second-order valence-electron chi connectivity index (χ2n) is 4.80. The Balaban J connectivity index is 0.000000396. The Hall–Kier alpha value is -1.66. The number of diazo groups is 1. The van der Waals surface area contributed by atoms with Crippen LogP contribution in [0.3, 0.4) is 0 Å². The zero-order valence-corrected chi connectivity index (χ0v) is 11.8. The van der Waals surface area contributed by atoms with Crippen LogP contribution in [0.25, 0.3) is 4.98 Å². The number of hydrogen-bond acceptors (Lipinski definition) is 4. The third kappa shape index (κ3) is 5.99. The van der Waals surface area contributed by atoms with Gasteiger partial charge < -0.3 is 4.55 Å². The summed E-state index contributed by atoms with van der Waals surface area (Å²) in [7, 11) is -6.09. The van der Waals surface area contributed by atoms with E-state index in [4.69, 9.17) is 18.4 Å². The van der Waals surface area contributed by atoms with E-state index in [0.717, 1.165) is 0 Å². The highest BCUT2D eigenvalue weighted by Gasteiger charge is 2.36. The number of halogens is 3. The maximum Gasteiger partial charge on any atom is 0.485 e. The highest BCUT2D eigenvalue weighted by molar-refractivity contribution is 7.86. The van der Waals surface area contributed by atoms with E-state index < -0.39 is 15.6 Å². The van der Waals surface area contributed by atoms with Gasteiger partial charge in [-0.15, -0.1) is 0 Å². The van der Waals surface area contributed by atoms with Crippen LogP contribution in [-0.2, 0) is 15.5 Å². The maximum absolute atomic E-state index is 10.7. The van der Waals surface area contributed by atoms with Crippen molar-refractivity contribution in [1.82, 2.24) is 0 Å². The van der Waals surface area contributed by atoms with Gasteiger partial charge in [-0.05, 0) is 11.0 Å². The van der Waals surface area contributed by atoms with Gasteiger partial charge in [-0.2, -0.15) is 13.2 Å². The first kappa shape index (κ1) is 18.3. The summed E-state index contributed by atoms with van der Waals surface area (Å²) in [6.07, 6.45) is 0. The molecular weight excluding hydrogens is 297 g/mol. The molecule has 0 bridgehead atoms. The summed E-state index contributed by atoms with van der Waals surface area (Å²) < 4.78 is 58.9. The van der Waals surface area contributed by atoms with Gasteiger partial charge in [-0.25, -0.2) is 8.42 Å². The molecule has 0 atom stereocenters. The Morgan fingerprint density at radius 1 is 1.10 bits per heavy atom. The van der Waals surface area contributed by atoms with Crippen LogP contribution in [0.15, 0.2) is 24.3 Å². The van der Waals surface area contributed by atoms with E-state index in [2.05, 4.69) is 25.7 Å². The van der Waals surface area contributed by atoms with Crippen molar-refractivity contribution in [2.45, 2.75) is 31.7 Å². The molecule has 0 amide bonds. The van der Waals surface area contributed by atoms with Gasteiger partial charge in [0.2, 0.25) is 5.39 Å². The van der Waals surface area contributed by atoms with Gasteiger partial charge in [0.05, 0.1) is 0 Å². The van der Waals surface area contributed by atoms with E-state index >= 15 is 0 Å². The highest BCUT2D eigenvalue weighted by atomic mass is 32.2. The first-order valence-corrected chi connectivity index (χ1v) is 6.67. The molecule has 112 valence electrons. The zero-order chi connectivity index (χ0) is 16.2. The summed E-state index contributed by atoms with van der Waals surface area (Å²) >= 11 is 0. The lowest BCUT2D eigenvalue weighted by Gasteiger charge is -2.17. The molecule has 0 heterocycles. The van der Waals surface area contributed by atoms with Crippen molar-refractivity contribution in [2.24, 2.45) is 0 Å². The van der Waals surface area contributed by atoms with E-state index in [1.807, 2.05) is 12.1 Å². The normalized spacial score (nSPS) is 12.1. The van der Waals surface area contributed by atoms with Crippen molar-refractivity contribution < 1.29 is 26.1 Å². The van der Waals surface area contributed by atoms with Crippen LogP contribution in [0, 0.1) is 5.39 Å². The fourth-order valence-corrected chi connectivity index (χ4v) is 1.03. The quantitative estimate of drug-likeness (QED) is 0.417. The van der Waals surface area contributed by atoms with Crippen molar-refractivity contribution in [3.05, 3.63) is 34.8 Å². The number of benzene rings is 1. The number of hydrogen-bond donors (Lipinski definition) is 0. The zero-order valence-electron chi connectivity index (χ0n) is 11.0. The third-order valence-electron chi connectivity index (χ3n) is 2.13. The number of alkyl halides is 3. The van der Waals surface area contributed by atoms with Crippen molar-refractivity contribution in [3.8, 4) is 0 Å². The summed E-state index contributed by atoms with van der Waals surface area (Å²) in [5.41, 5.74) is -3.64. The maximum atomic E-state index is 10.7. The van der Waals surface area contributed by atoms with Crippen molar-refractivity contribution in [3.63, 3.8) is 0 Å². The van der Waals surface area contributed by atoms with Gasteiger partial charge >= 0.3 is 11.2 Å². The Kier molecular flexibility index (Phi) is 5.68. The Morgan fingerprint density at radius 2 is 1.45 bits per heavy atom. The van der Waals surface area contributed by atoms with Crippen molar-refractivity contribution in [2.75, 3.05) is 0 Å². The molecule has 1 aromatic rings. The van der Waals surface area contributed by atoms with Crippen LogP contribution >= 0.6 is 0 Å². The second kappa shape index (κ2) is 6.19. The Morgan fingerprint density at radius 3 is 1.65 bits per heavy atom. The minimum Gasteiger partial charge on any atom is -0.741 e. The lowest BCUT2D eigenvalue weighted by molar-refractivity contribution is -0.0517. The van der Waals surface area contributed by atoms with Crippen LogP contribution in [0.4, 0.5) is 18.9 Å². The highest BCUT2D eigenvalue weighted by Crippen LogP contribution is 2.24. The largest absolute Gasteiger partial charge is 0.741 e. The molecule has 0 saturated heterocycles. The van der Waals surface area contributed by atoms with Crippen LogP contribution < -0.4 is 0 Å². The van der Waals surface area contributed by atoms with Gasteiger partial charge in [0.25, 0.3) is 0 Å². The van der Waals surface area contributed by atoms with Crippen LogP contribution in [-0.4, -0.2) is 18.5 Å². The molecule has 0 N–H and O–H groups in total. The fourth-order valence-electron chi connectivity index (χ4n) is 1.03. The van der Waals surface area contributed by atoms with Crippen LogP contribution in [0.5, 0.6) is 0 Å². The summed E-state index contributed by atoms with van der Waals surface area (Å²) in [6.45, 7) is 6.45. The van der Waals surface area contributed by atoms with E-state index in [1.165, 1.54) is 5.56 Å². The molecule has 5 nitrogen and oxygen atoms in total. The molecular formula is C11H13F3N2O3S. The van der Waals surface area contributed by atoms with Crippen molar-refractivity contribution in [1.29, 1.82) is 5.39 Å². The average molecular weight is 310 g/mol. The first-order valence-electron chi connectivity index (χ1n) is 5.27. The summed E-state index contributed by atoms with van der Waals surface area (Å²) in [4.78, 5) is 3.09. The lowest BCUT2D eigenvalue weighted by Crippen LogP contribution is -2.21. The van der Waals surface area contributed by atoms with Crippen molar-refractivity contribution >= 4 is 15.8 Å². The molecule has 0 unspecified atom stereocenters. The molecule has 0 aliphatic carbocycles. The average Bonchev–Trinajstić information content (AvgIpc) is 2.26. The third-order valence-corrected chi connectivity index (χ3v) is 2.70.